The second kappa shape index (κ2) is 6.15. The van der Waals surface area contributed by atoms with E-state index in [1.807, 2.05) is 0 Å². The summed E-state index contributed by atoms with van der Waals surface area (Å²) in [5.74, 6) is 1.86. The molecule has 2 fully saturated rings. The topological polar surface area (TPSA) is 42.0 Å². The first-order valence-corrected chi connectivity index (χ1v) is 8.60. The van der Waals surface area contributed by atoms with Crippen LogP contribution in [-0.4, -0.2) is 16.9 Å². The molecule has 1 heterocycles. The highest BCUT2D eigenvalue weighted by atomic mass is 16.1. The molecule has 1 aromatic heterocycles. The van der Waals surface area contributed by atoms with Gasteiger partial charge in [-0.05, 0) is 42.4 Å². The monoisotopic (exact) mass is 306 g/mol. The fourth-order valence-corrected chi connectivity index (χ4v) is 4.53. The van der Waals surface area contributed by atoms with Gasteiger partial charge in [0.05, 0.1) is 0 Å². The van der Waals surface area contributed by atoms with Crippen molar-refractivity contribution in [3.05, 3.63) is 66.0 Å². The summed E-state index contributed by atoms with van der Waals surface area (Å²) >= 11 is 0. The van der Waals surface area contributed by atoms with E-state index in [-0.39, 0.29) is 11.9 Å². The van der Waals surface area contributed by atoms with Crippen molar-refractivity contribution in [1.29, 1.82) is 0 Å². The van der Waals surface area contributed by atoms with Crippen LogP contribution in [0, 0.1) is 11.8 Å². The van der Waals surface area contributed by atoms with Crippen molar-refractivity contribution in [2.24, 2.45) is 11.8 Å². The minimum Gasteiger partial charge on any atom is -0.348 e. The molecule has 118 valence electrons. The fourth-order valence-electron chi connectivity index (χ4n) is 4.53. The number of pyridine rings is 1. The first-order valence-electron chi connectivity index (χ1n) is 8.60. The maximum Gasteiger partial charge on any atom is 0.251 e. The summed E-state index contributed by atoms with van der Waals surface area (Å²) in [5.41, 5.74) is 2.07. The standard InChI is InChI=1S/C20H22N2O/c23-20(15-10-12-21-13-11-15)22-19-17-9-5-4-8-16(17)18(19)14-6-2-1-3-7-14/h1-3,6-7,10-13,16-19H,4-5,8-9H2,(H,22,23)/t16-,17+,18+,19+/m1/s1. The van der Waals surface area contributed by atoms with Crippen LogP contribution in [0.2, 0.25) is 0 Å². The number of benzene rings is 1. The fraction of sp³-hybridized carbons (Fsp3) is 0.400. The van der Waals surface area contributed by atoms with Crippen LogP contribution in [0.4, 0.5) is 0 Å². The molecule has 0 radical (unpaired) electrons. The predicted molar refractivity (Wildman–Crippen MR) is 90.1 cm³/mol. The van der Waals surface area contributed by atoms with Gasteiger partial charge in [0.15, 0.2) is 0 Å². The molecule has 0 spiro atoms. The molecule has 1 amide bonds. The Bertz CT molecular complexity index is 671. The van der Waals surface area contributed by atoms with Gasteiger partial charge in [-0.15, -0.1) is 0 Å². The zero-order valence-electron chi connectivity index (χ0n) is 13.2. The third-order valence-corrected chi connectivity index (χ3v) is 5.61. The van der Waals surface area contributed by atoms with Gasteiger partial charge in [-0.1, -0.05) is 43.2 Å². The summed E-state index contributed by atoms with van der Waals surface area (Å²) in [6.07, 6.45) is 8.52. The van der Waals surface area contributed by atoms with Crippen LogP contribution in [0.25, 0.3) is 0 Å². The molecule has 3 heteroatoms. The Labute approximate surface area is 137 Å². The van der Waals surface area contributed by atoms with Gasteiger partial charge in [0, 0.05) is 29.9 Å². The normalized spacial score (nSPS) is 29.2. The molecule has 1 aromatic carbocycles. The molecule has 1 N–H and O–H groups in total. The van der Waals surface area contributed by atoms with E-state index in [0.29, 0.717) is 17.4 Å². The molecular weight excluding hydrogens is 284 g/mol. The van der Waals surface area contributed by atoms with Crippen LogP contribution in [0.1, 0.15) is 47.5 Å². The predicted octanol–water partition coefficient (Wildman–Crippen LogP) is 3.78. The Morgan fingerprint density at radius 2 is 1.65 bits per heavy atom. The summed E-state index contributed by atoms with van der Waals surface area (Å²) in [6.45, 7) is 0. The number of nitrogens with one attached hydrogen (secondary N) is 1. The summed E-state index contributed by atoms with van der Waals surface area (Å²) in [4.78, 5) is 16.5. The molecule has 2 aromatic rings. The molecule has 2 aliphatic carbocycles. The number of rotatable bonds is 3. The number of nitrogens with zero attached hydrogens (tertiary/aromatic N) is 1. The lowest BCUT2D eigenvalue weighted by Gasteiger charge is -2.55. The summed E-state index contributed by atoms with van der Waals surface area (Å²) in [7, 11) is 0. The van der Waals surface area contributed by atoms with Crippen molar-refractivity contribution < 1.29 is 4.79 Å². The van der Waals surface area contributed by atoms with Crippen LogP contribution < -0.4 is 5.32 Å². The van der Waals surface area contributed by atoms with E-state index in [1.54, 1.807) is 24.5 Å². The Morgan fingerprint density at radius 1 is 0.957 bits per heavy atom. The van der Waals surface area contributed by atoms with Crippen molar-refractivity contribution in [3.63, 3.8) is 0 Å². The third-order valence-electron chi connectivity index (χ3n) is 5.61. The second-order valence-electron chi connectivity index (χ2n) is 6.78. The molecule has 0 saturated heterocycles. The second-order valence-corrected chi connectivity index (χ2v) is 6.78. The Hall–Kier alpha value is -2.16. The van der Waals surface area contributed by atoms with Gasteiger partial charge in [-0.2, -0.15) is 0 Å². The summed E-state index contributed by atoms with van der Waals surface area (Å²) in [6, 6.07) is 14.5. The molecule has 0 aliphatic heterocycles. The number of carbonyl (C=O) groups is 1. The molecule has 3 nitrogen and oxygen atoms in total. The SMILES string of the molecule is O=C(N[C@H]1[C@H]2CCCC[C@H]2[C@@H]1c1ccccc1)c1ccncc1. The van der Waals surface area contributed by atoms with Crippen LogP contribution in [-0.2, 0) is 0 Å². The van der Waals surface area contributed by atoms with Crippen LogP contribution >= 0.6 is 0 Å². The first kappa shape index (κ1) is 14.4. The van der Waals surface area contributed by atoms with Crippen molar-refractivity contribution >= 4 is 5.91 Å². The van der Waals surface area contributed by atoms with Crippen molar-refractivity contribution in [3.8, 4) is 0 Å². The minimum atomic E-state index is 0.0300. The summed E-state index contributed by atoms with van der Waals surface area (Å²) in [5, 5.41) is 3.31. The van der Waals surface area contributed by atoms with Gasteiger partial charge in [-0.3, -0.25) is 9.78 Å². The molecule has 0 unspecified atom stereocenters. The molecule has 23 heavy (non-hydrogen) atoms. The molecule has 0 bridgehead atoms. The lowest BCUT2D eigenvalue weighted by Crippen LogP contribution is -2.59. The first-order chi connectivity index (χ1) is 11.3. The molecule has 2 saturated carbocycles. The maximum atomic E-state index is 12.6. The van der Waals surface area contributed by atoms with Crippen molar-refractivity contribution in [1.82, 2.24) is 10.3 Å². The van der Waals surface area contributed by atoms with Crippen LogP contribution in [0.5, 0.6) is 0 Å². The Balaban J connectivity index is 1.56. The van der Waals surface area contributed by atoms with Gasteiger partial charge in [-0.25, -0.2) is 0 Å². The van der Waals surface area contributed by atoms with E-state index >= 15 is 0 Å². The highest BCUT2D eigenvalue weighted by molar-refractivity contribution is 5.94. The highest BCUT2D eigenvalue weighted by Gasteiger charge is 2.51. The highest BCUT2D eigenvalue weighted by Crippen LogP contribution is 2.54. The Morgan fingerprint density at radius 3 is 2.39 bits per heavy atom. The largest absolute Gasteiger partial charge is 0.348 e. The van der Waals surface area contributed by atoms with Gasteiger partial charge >= 0.3 is 0 Å². The lowest BCUT2D eigenvalue weighted by atomic mass is 9.53. The quantitative estimate of drug-likeness (QED) is 0.937. The maximum absolute atomic E-state index is 12.6. The average molecular weight is 306 g/mol. The number of fused-ring (bicyclic) bond motifs is 1. The molecule has 4 atom stereocenters. The minimum absolute atomic E-state index is 0.0300. The molecule has 4 rings (SSSR count). The van der Waals surface area contributed by atoms with Gasteiger partial charge in [0.25, 0.3) is 5.91 Å². The number of aromatic nitrogens is 1. The number of hydrogen-bond donors (Lipinski definition) is 1. The van der Waals surface area contributed by atoms with E-state index in [2.05, 4.69) is 40.6 Å². The third kappa shape index (κ3) is 2.65. The van der Waals surface area contributed by atoms with E-state index in [1.165, 1.54) is 31.2 Å². The number of hydrogen-bond acceptors (Lipinski definition) is 2. The van der Waals surface area contributed by atoms with Crippen molar-refractivity contribution in [2.45, 2.75) is 37.6 Å². The number of carbonyl (C=O) groups excluding carboxylic acids is 1. The van der Waals surface area contributed by atoms with Crippen molar-refractivity contribution in [2.75, 3.05) is 0 Å². The van der Waals surface area contributed by atoms with Crippen LogP contribution in [0.15, 0.2) is 54.9 Å². The lowest BCUT2D eigenvalue weighted by molar-refractivity contribution is 0.0252. The van der Waals surface area contributed by atoms with Crippen LogP contribution in [0.3, 0.4) is 0 Å². The van der Waals surface area contributed by atoms with Gasteiger partial charge < -0.3 is 5.32 Å². The van der Waals surface area contributed by atoms with Gasteiger partial charge in [0.2, 0.25) is 0 Å². The van der Waals surface area contributed by atoms with E-state index < -0.39 is 0 Å². The zero-order chi connectivity index (χ0) is 15.6. The molecule has 2 aliphatic rings. The summed E-state index contributed by atoms with van der Waals surface area (Å²) < 4.78 is 0. The van der Waals surface area contributed by atoms with E-state index in [0.717, 1.165) is 5.92 Å². The van der Waals surface area contributed by atoms with Gasteiger partial charge in [0.1, 0.15) is 0 Å². The average Bonchev–Trinajstić information content (AvgIpc) is 2.61. The number of amides is 1. The van der Waals surface area contributed by atoms with E-state index in [9.17, 15) is 4.79 Å². The Kier molecular flexibility index (Phi) is 3.86. The zero-order valence-corrected chi connectivity index (χ0v) is 13.2. The van der Waals surface area contributed by atoms with E-state index in [4.69, 9.17) is 0 Å². The smallest absolute Gasteiger partial charge is 0.251 e. The molecular formula is C20H22N2O.